The molecule has 2 saturated heterocycles. The second-order valence-electron chi connectivity index (χ2n) is 6.93. The van der Waals surface area contributed by atoms with Crippen LogP contribution in [0.3, 0.4) is 0 Å². The van der Waals surface area contributed by atoms with Gasteiger partial charge in [-0.05, 0) is 37.1 Å². The molecule has 0 unspecified atom stereocenters. The second-order valence-corrected chi connectivity index (χ2v) is 8.87. The lowest BCUT2D eigenvalue weighted by Crippen LogP contribution is -2.63. The van der Waals surface area contributed by atoms with Crippen molar-refractivity contribution in [3.05, 3.63) is 48.5 Å². The van der Waals surface area contributed by atoms with Gasteiger partial charge in [0.15, 0.2) is 0 Å². The number of rotatable bonds is 4. The number of hydrogen-bond donors (Lipinski definition) is 1. The van der Waals surface area contributed by atoms with Crippen molar-refractivity contribution in [3.63, 3.8) is 0 Å². The number of nitrogens with one attached hydrogen (secondary N) is 1. The molecule has 3 heterocycles. The first-order chi connectivity index (χ1) is 11.6. The first kappa shape index (κ1) is 15.8. The minimum atomic E-state index is -3.37. The lowest BCUT2D eigenvalue weighted by Gasteiger charge is -2.51. The zero-order valence-electron chi connectivity index (χ0n) is 13.6. The summed E-state index contributed by atoms with van der Waals surface area (Å²) in [7, 11) is -3.37. The van der Waals surface area contributed by atoms with Gasteiger partial charge in [0.1, 0.15) is 0 Å². The van der Waals surface area contributed by atoms with Gasteiger partial charge in [0.05, 0.1) is 11.2 Å². The highest BCUT2D eigenvalue weighted by Crippen LogP contribution is 2.39. The van der Waals surface area contributed by atoms with Crippen molar-refractivity contribution in [2.75, 3.05) is 26.2 Å². The molecule has 2 aliphatic heterocycles. The number of benzene rings is 1. The van der Waals surface area contributed by atoms with Gasteiger partial charge < -0.3 is 9.88 Å². The van der Waals surface area contributed by atoms with Crippen LogP contribution < -0.4 is 5.32 Å². The number of aromatic nitrogens is 2. The number of sulfonamides is 1. The number of imidazole rings is 1. The number of piperidine rings is 1. The van der Waals surface area contributed by atoms with Crippen LogP contribution in [-0.2, 0) is 16.6 Å². The van der Waals surface area contributed by atoms with E-state index >= 15 is 0 Å². The highest BCUT2D eigenvalue weighted by Gasteiger charge is 2.48. The Morgan fingerprint density at radius 1 is 1.21 bits per heavy atom. The normalized spacial score (nSPS) is 20.8. The molecule has 128 valence electrons. The summed E-state index contributed by atoms with van der Waals surface area (Å²) in [5.74, 6) is 0. The molecule has 1 aromatic heterocycles. The van der Waals surface area contributed by atoms with Crippen molar-refractivity contribution in [2.45, 2.75) is 24.3 Å². The van der Waals surface area contributed by atoms with E-state index in [1.165, 1.54) is 0 Å². The predicted molar refractivity (Wildman–Crippen MR) is 91.1 cm³/mol. The van der Waals surface area contributed by atoms with Crippen LogP contribution in [0.25, 0.3) is 0 Å². The summed E-state index contributed by atoms with van der Waals surface area (Å²) in [5.41, 5.74) is 1.22. The van der Waals surface area contributed by atoms with E-state index < -0.39 is 10.0 Å². The quantitative estimate of drug-likeness (QED) is 0.906. The molecule has 24 heavy (non-hydrogen) atoms. The topological polar surface area (TPSA) is 67.2 Å². The Morgan fingerprint density at radius 3 is 2.62 bits per heavy atom. The fourth-order valence-electron chi connectivity index (χ4n) is 3.68. The molecule has 2 fully saturated rings. The summed E-state index contributed by atoms with van der Waals surface area (Å²) < 4.78 is 29.1. The molecule has 0 amide bonds. The average molecular weight is 346 g/mol. The van der Waals surface area contributed by atoms with Crippen molar-refractivity contribution in [1.29, 1.82) is 0 Å². The summed E-state index contributed by atoms with van der Waals surface area (Å²) in [5, 5.41) is 3.39. The molecule has 0 aliphatic carbocycles. The molecule has 0 radical (unpaired) electrons. The van der Waals surface area contributed by atoms with Crippen LogP contribution in [-0.4, -0.2) is 48.5 Å². The van der Waals surface area contributed by atoms with E-state index in [-0.39, 0.29) is 5.41 Å². The molecule has 0 bridgehead atoms. The van der Waals surface area contributed by atoms with Gasteiger partial charge in [-0.15, -0.1) is 0 Å². The van der Waals surface area contributed by atoms with Crippen molar-refractivity contribution in [1.82, 2.24) is 19.2 Å². The highest BCUT2D eigenvalue weighted by atomic mass is 32.2. The van der Waals surface area contributed by atoms with Gasteiger partial charge >= 0.3 is 0 Å². The van der Waals surface area contributed by atoms with Gasteiger partial charge in [-0.25, -0.2) is 13.4 Å². The molecular formula is C17H22N4O2S. The van der Waals surface area contributed by atoms with E-state index in [0.29, 0.717) is 24.5 Å². The summed E-state index contributed by atoms with van der Waals surface area (Å²) in [6, 6.07) is 7.19. The Kier molecular flexibility index (Phi) is 3.94. The van der Waals surface area contributed by atoms with Gasteiger partial charge in [0.2, 0.25) is 10.0 Å². The van der Waals surface area contributed by atoms with E-state index in [4.69, 9.17) is 0 Å². The average Bonchev–Trinajstić information content (AvgIpc) is 3.07. The summed E-state index contributed by atoms with van der Waals surface area (Å²) in [6.45, 7) is 3.95. The SMILES string of the molecule is O=S(=O)(c1ccc(Cn2ccnc2)cc1)N1CC2(CCCNC2)C1. The maximum Gasteiger partial charge on any atom is 0.243 e. The number of hydrogen-bond acceptors (Lipinski definition) is 4. The predicted octanol–water partition coefficient (Wildman–Crippen LogP) is 1.31. The van der Waals surface area contributed by atoms with Gasteiger partial charge in [-0.1, -0.05) is 12.1 Å². The molecule has 7 heteroatoms. The largest absolute Gasteiger partial charge is 0.333 e. The fraction of sp³-hybridized carbons (Fsp3) is 0.471. The lowest BCUT2D eigenvalue weighted by atomic mass is 9.75. The zero-order chi connectivity index (χ0) is 16.6. The van der Waals surface area contributed by atoms with Crippen LogP contribution in [0.15, 0.2) is 47.9 Å². The molecule has 1 N–H and O–H groups in total. The van der Waals surface area contributed by atoms with Gasteiger partial charge in [-0.2, -0.15) is 4.31 Å². The van der Waals surface area contributed by atoms with E-state index in [1.54, 1.807) is 29.0 Å². The third-order valence-corrected chi connectivity index (χ3v) is 6.88. The lowest BCUT2D eigenvalue weighted by molar-refractivity contribution is 0.0435. The Balaban J connectivity index is 1.45. The summed E-state index contributed by atoms with van der Waals surface area (Å²) in [6.07, 6.45) is 7.64. The molecule has 2 aromatic rings. The van der Waals surface area contributed by atoms with E-state index in [9.17, 15) is 8.42 Å². The molecule has 4 rings (SSSR count). The monoisotopic (exact) mass is 346 g/mol. The Hall–Kier alpha value is -1.70. The molecule has 1 spiro atoms. The highest BCUT2D eigenvalue weighted by molar-refractivity contribution is 7.89. The minimum absolute atomic E-state index is 0.159. The Labute approximate surface area is 142 Å². The molecule has 0 saturated carbocycles. The van der Waals surface area contributed by atoms with Crippen LogP contribution in [0.1, 0.15) is 18.4 Å². The van der Waals surface area contributed by atoms with E-state index in [0.717, 1.165) is 31.5 Å². The van der Waals surface area contributed by atoms with Crippen LogP contribution in [0.2, 0.25) is 0 Å². The van der Waals surface area contributed by atoms with Crippen LogP contribution >= 0.6 is 0 Å². The Bertz CT molecular complexity index is 786. The summed E-state index contributed by atoms with van der Waals surface area (Å²) >= 11 is 0. The molecule has 2 aliphatic rings. The number of nitrogens with zero attached hydrogens (tertiary/aromatic N) is 3. The first-order valence-corrected chi connectivity index (χ1v) is 9.77. The van der Waals surface area contributed by atoms with Crippen molar-refractivity contribution in [2.24, 2.45) is 5.41 Å². The van der Waals surface area contributed by atoms with Gasteiger partial charge in [0.25, 0.3) is 0 Å². The van der Waals surface area contributed by atoms with Crippen LogP contribution in [0, 0.1) is 5.41 Å². The van der Waals surface area contributed by atoms with Gasteiger partial charge in [0, 0.05) is 44.0 Å². The molecule has 6 nitrogen and oxygen atoms in total. The fourth-order valence-corrected chi connectivity index (χ4v) is 5.34. The zero-order valence-corrected chi connectivity index (χ0v) is 14.4. The van der Waals surface area contributed by atoms with E-state index in [2.05, 4.69) is 10.3 Å². The molecular weight excluding hydrogens is 324 g/mol. The maximum absolute atomic E-state index is 12.8. The second kappa shape index (κ2) is 5.98. The smallest absolute Gasteiger partial charge is 0.243 e. The van der Waals surface area contributed by atoms with Crippen molar-refractivity contribution >= 4 is 10.0 Å². The van der Waals surface area contributed by atoms with Crippen molar-refractivity contribution in [3.8, 4) is 0 Å². The Morgan fingerprint density at radius 2 is 2.00 bits per heavy atom. The third kappa shape index (κ3) is 2.87. The van der Waals surface area contributed by atoms with E-state index in [1.807, 2.05) is 22.9 Å². The molecule has 0 atom stereocenters. The molecule has 1 aromatic carbocycles. The first-order valence-electron chi connectivity index (χ1n) is 8.33. The van der Waals surface area contributed by atoms with Crippen molar-refractivity contribution < 1.29 is 8.42 Å². The minimum Gasteiger partial charge on any atom is -0.333 e. The summed E-state index contributed by atoms with van der Waals surface area (Å²) in [4.78, 5) is 4.40. The van der Waals surface area contributed by atoms with Crippen LogP contribution in [0.4, 0.5) is 0 Å². The maximum atomic E-state index is 12.8. The van der Waals surface area contributed by atoms with Gasteiger partial charge in [-0.3, -0.25) is 0 Å². The standard InChI is InChI=1S/C17H22N4O2S/c22-24(23,21-12-17(13-21)6-1-7-18-11-17)16-4-2-15(3-5-16)10-20-9-8-19-14-20/h2-5,8-9,14,18H,1,6-7,10-13H2. The third-order valence-electron chi connectivity index (χ3n) is 5.07. The van der Waals surface area contributed by atoms with Crippen LogP contribution in [0.5, 0.6) is 0 Å².